The van der Waals surface area contributed by atoms with Crippen molar-refractivity contribution in [2.45, 2.75) is 39.5 Å². The van der Waals surface area contributed by atoms with Gasteiger partial charge in [0.15, 0.2) is 0 Å². The molecule has 2 N–H and O–H groups in total. The number of aliphatic carboxylic acids is 1. The molecule has 0 atom stereocenters. The molecule has 2 rings (SSSR count). The third-order valence-corrected chi connectivity index (χ3v) is 5.47. The zero-order valence-electron chi connectivity index (χ0n) is 14.6. The standard InChI is InChI=1S/C19H24N2O3S/c1-3-19(4-2,18(23)24)13-20-16(22)11-15-12-25-17(21-15)10-14-8-6-5-7-9-14/h5-9,12H,3-4,10-11,13H2,1-2H3,(H,20,22)(H,23,24). The minimum Gasteiger partial charge on any atom is -0.481 e. The van der Waals surface area contributed by atoms with Gasteiger partial charge in [-0.1, -0.05) is 44.2 Å². The maximum absolute atomic E-state index is 12.1. The van der Waals surface area contributed by atoms with E-state index >= 15 is 0 Å². The lowest BCUT2D eigenvalue weighted by atomic mass is 9.82. The van der Waals surface area contributed by atoms with Gasteiger partial charge in [-0.25, -0.2) is 4.98 Å². The number of nitrogens with zero attached hydrogens (tertiary/aromatic N) is 1. The second-order valence-corrected chi connectivity index (χ2v) is 7.08. The van der Waals surface area contributed by atoms with Crippen LogP contribution in [0.5, 0.6) is 0 Å². The van der Waals surface area contributed by atoms with Crippen molar-refractivity contribution in [2.24, 2.45) is 5.41 Å². The summed E-state index contributed by atoms with van der Waals surface area (Å²) in [6, 6.07) is 10.1. The Kier molecular flexibility index (Phi) is 6.70. The molecule has 6 heteroatoms. The first-order chi connectivity index (χ1) is 12.0. The van der Waals surface area contributed by atoms with Gasteiger partial charge in [0.05, 0.1) is 22.5 Å². The molecule has 0 aliphatic heterocycles. The normalized spacial score (nSPS) is 11.3. The molecule has 1 aromatic heterocycles. The summed E-state index contributed by atoms with van der Waals surface area (Å²) in [4.78, 5) is 28.1. The topological polar surface area (TPSA) is 79.3 Å². The van der Waals surface area contributed by atoms with Gasteiger partial charge in [0.2, 0.25) is 5.91 Å². The van der Waals surface area contributed by atoms with Crippen LogP contribution in [-0.4, -0.2) is 28.5 Å². The summed E-state index contributed by atoms with van der Waals surface area (Å²) in [5.41, 5.74) is 1.02. The van der Waals surface area contributed by atoms with Crippen molar-refractivity contribution >= 4 is 23.2 Å². The largest absolute Gasteiger partial charge is 0.481 e. The van der Waals surface area contributed by atoms with Gasteiger partial charge >= 0.3 is 5.97 Å². The predicted molar refractivity (Wildman–Crippen MR) is 98.7 cm³/mol. The highest BCUT2D eigenvalue weighted by atomic mass is 32.1. The minimum absolute atomic E-state index is 0.148. The zero-order valence-corrected chi connectivity index (χ0v) is 15.4. The van der Waals surface area contributed by atoms with Gasteiger partial charge in [-0.15, -0.1) is 11.3 Å². The third kappa shape index (κ3) is 5.13. The Labute approximate surface area is 152 Å². The highest BCUT2D eigenvalue weighted by Gasteiger charge is 2.35. The van der Waals surface area contributed by atoms with Crippen LogP contribution in [0.3, 0.4) is 0 Å². The minimum atomic E-state index is -0.893. The Morgan fingerprint density at radius 3 is 2.48 bits per heavy atom. The summed E-state index contributed by atoms with van der Waals surface area (Å²) in [7, 11) is 0. The van der Waals surface area contributed by atoms with E-state index in [-0.39, 0.29) is 18.9 Å². The molecular formula is C19H24N2O3S. The van der Waals surface area contributed by atoms with E-state index in [1.807, 2.05) is 37.4 Å². The summed E-state index contributed by atoms with van der Waals surface area (Å²) in [6.45, 7) is 3.81. The van der Waals surface area contributed by atoms with Crippen molar-refractivity contribution in [1.82, 2.24) is 10.3 Å². The average Bonchev–Trinajstić information content (AvgIpc) is 3.03. The summed E-state index contributed by atoms with van der Waals surface area (Å²) in [5, 5.41) is 15.0. The van der Waals surface area contributed by atoms with Crippen LogP contribution in [0.2, 0.25) is 0 Å². The van der Waals surface area contributed by atoms with E-state index in [9.17, 15) is 14.7 Å². The number of carbonyl (C=O) groups excluding carboxylic acids is 1. The molecule has 1 heterocycles. The molecule has 0 spiro atoms. The molecule has 5 nitrogen and oxygen atoms in total. The fourth-order valence-electron chi connectivity index (χ4n) is 2.65. The maximum atomic E-state index is 12.1. The molecule has 0 aliphatic carbocycles. The van der Waals surface area contributed by atoms with Crippen molar-refractivity contribution in [3.8, 4) is 0 Å². The first-order valence-electron chi connectivity index (χ1n) is 8.46. The number of hydrogen-bond acceptors (Lipinski definition) is 4. The van der Waals surface area contributed by atoms with Gasteiger partial charge < -0.3 is 10.4 Å². The molecule has 2 aromatic rings. The summed E-state index contributed by atoms with van der Waals surface area (Å²) >= 11 is 1.54. The second-order valence-electron chi connectivity index (χ2n) is 6.14. The quantitative estimate of drug-likeness (QED) is 0.719. The Hall–Kier alpha value is -2.21. The molecule has 0 unspecified atom stereocenters. The number of thiazole rings is 1. The van der Waals surface area contributed by atoms with Crippen LogP contribution in [0.25, 0.3) is 0 Å². The molecule has 0 bridgehead atoms. The number of benzene rings is 1. The third-order valence-electron chi connectivity index (χ3n) is 4.57. The molecular weight excluding hydrogens is 336 g/mol. The fourth-order valence-corrected chi connectivity index (χ4v) is 3.48. The lowest BCUT2D eigenvalue weighted by molar-refractivity contribution is -0.149. The molecule has 25 heavy (non-hydrogen) atoms. The van der Waals surface area contributed by atoms with Crippen molar-refractivity contribution < 1.29 is 14.7 Å². The van der Waals surface area contributed by atoms with Crippen LogP contribution in [0, 0.1) is 5.41 Å². The highest BCUT2D eigenvalue weighted by Crippen LogP contribution is 2.25. The van der Waals surface area contributed by atoms with Gasteiger partial charge in [0, 0.05) is 18.3 Å². The predicted octanol–water partition coefficient (Wildman–Crippen LogP) is 3.28. The molecule has 0 saturated heterocycles. The number of rotatable bonds is 9. The Balaban J connectivity index is 1.90. The SMILES string of the molecule is CCC(CC)(CNC(=O)Cc1csc(Cc2ccccc2)n1)C(=O)O. The molecule has 1 amide bonds. The van der Waals surface area contributed by atoms with Crippen LogP contribution in [0.15, 0.2) is 35.7 Å². The van der Waals surface area contributed by atoms with Crippen molar-refractivity contribution in [1.29, 1.82) is 0 Å². The lowest BCUT2D eigenvalue weighted by Crippen LogP contribution is -2.42. The fraction of sp³-hybridized carbons (Fsp3) is 0.421. The van der Waals surface area contributed by atoms with E-state index in [4.69, 9.17) is 0 Å². The van der Waals surface area contributed by atoms with Gasteiger partial charge in [-0.3, -0.25) is 9.59 Å². The zero-order chi connectivity index (χ0) is 18.3. The average molecular weight is 360 g/mol. The Bertz CT molecular complexity index is 708. The first-order valence-corrected chi connectivity index (χ1v) is 9.34. The number of carboxylic acid groups (broad SMARTS) is 1. The van der Waals surface area contributed by atoms with Gasteiger partial charge in [-0.05, 0) is 18.4 Å². The van der Waals surface area contributed by atoms with Crippen LogP contribution in [0.1, 0.15) is 43.0 Å². The lowest BCUT2D eigenvalue weighted by Gasteiger charge is -2.26. The monoisotopic (exact) mass is 360 g/mol. The molecule has 134 valence electrons. The second kappa shape index (κ2) is 8.76. The number of amides is 1. The molecule has 0 aliphatic rings. The molecule has 0 fully saturated rings. The van der Waals surface area contributed by atoms with Crippen LogP contribution >= 0.6 is 11.3 Å². The Morgan fingerprint density at radius 1 is 1.20 bits per heavy atom. The van der Waals surface area contributed by atoms with E-state index in [0.717, 1.165) is 17.1 Å². The smallest absolute Gasteiger partial charge is 0.311 e. The molecule has 0 saturated carbocycles. The number of carbonyl (C=O) groups is 2. The first kappa shape index (κ1) is 19.1. The van der Waals surface area contributed by atoms with Crippen LogP contribution in [0.4, 0.5) is 0 Å². The summed E-state index contributed by atoms with van der Waals surface area (Å²) in [6.07, 6.45) is 1.89. The van der Waals surface area contributed by atoms with Crippen molar-refractivity contribution in [3.05, 3.63) is 52.0 Å². The summed E-state index contributed by atoms with van der Waals surface area (Å²) < 4.78 is 0. The van der Waals surface area contributed by atoms with Gasteiger partial charge in [-0.2, -0.15) is 0 Å². The van der Waals surface area contributed by atoms with E-state index in [1.165, 1.54) is 16.9 Å². The summed E-state index contributed by atoms with van der Waals surface area (Å²) in [5.74, 6) is -1.05. The molecule has 1 aromatic carbocycles. The highest BCUT2D eigenvalue weighted by molar-refractivity contribution is 7.09. The van der Waals surface area contributed by atoms with Crippen LogP contribution < -0.4 is 5.32 Å². The Morgan fingerprint density at radius 2 is 1.88 bits per heavy atom. The number of carboxylic acids is 1. The molecule has 0 radical (unpaired) electrons. The van der Waals surface area contributed by atoms with E-state index in [2.05, 4.69) is 22.4 Å². The van der Waals surface area contributed by atoms with E-state index in [0.29, 0.717) is 12.8 Å². The number of hydrogen-bond donors (Lipinski definition) is 2. The van der Waals surface area contributed by atoms with Gasteiger partial charge in [0.25, 0.3) is 0 Å². The van der Waals surface area contributed by atoms with Crippen molar-refractivity contribution in [2.75, 3.05) is 6.54 Å². The number of aromatic nitrogens is 1. The van der Waals surface area contributed by atoms with E-state index < -0.39 is 11.4 Å². The maximum Gasteiger partial charge on any atom is 0.311 e. The van der Waals surface area contributed by atoms with Crippen molar-refractivity contribution in [3.63, 3.8) is 0 Å². The van der Waals surface area contributed by atoms with Gasteiger partial charge in [0.1, 0.15) is 0 Å². The number of nitrogens with one attached hydrogen (secondary N) is 1. The van der Waals surface area contributed by atoms with Crippen LogP contribution in [-0.2, 0) is 22.4 Å². The van der Waals surface area contributed by atoms with E-state index in [1.54, 1.807) is 0 Å².